The van der Waals surface area contributed by atoms with Crippen LogP contribution in [0.15, 0.2) is 16.9 Å². The molecular formula is C18H23N5O3. The molecule has 1 aliphatic carbocycles. The Kier molecular flexibility index (Phi) is 4.05. The van der Waals surface area contributed by atoms with Crippen LogP contribution in [-0.4, -0.2) is 43.5 Å². The largest absolute Gasteiger partial charge is 0.361 e. The highest BCUT2D eigenvalue weighted by atomic mass is 16.5. The van der Waals surface area contributed by atoms with E-state index in [1.54, 1.807) is 20.0 Å². The van der Waals surface area contributed by atoms with E-state index in [2.05, 4.69) is 15.5 Å². The minimum atomic E-state index is -0.256. The van der Waals surface area contributed by atoms with Crippen LogP contribution in [0.3, 0.4) is 0 Å². The molecule has 26 heavy (non-hydrogen) atoms. The molecule has 1 N–H and O–H groups in total. The second-order valence-electron chi connectivity index (χ2n) is 7.19. The van der Waals surface area contributed by atoms with Crippen molar-refractivity contribution in [1.29, 1.82) is 0 Å². The lowest BCUT2D eigenvalue weighted by atomic mass is 9.93. The van der Waals surface area contributed by atoms with Crippen molar-refractivity contribution >= 4 is 11.8 Å². The molecule has 0 aromatic carbocycles. The zero-order valence-corrected chi connectivity index (χ0v) is 15.2. The van der Waals surface area contributed by atoms with Crippen LogP contribution in [0.5, 0.6) is 0 Å². The molecule has 0 radical (unpaired) electrons. The van der Waals surface area contributed by atoms with Crippen LogP contribution in [0.25, 0.3) is 0 Å². The first-order valence-corrected chi connectivity index (χ1v) is 8.99. The number of aryl methyl sites for hydroxylation is 3. The Hall–Kier alpha value is -2.64. The fraction of sp³-hybridized carbons (Fsp3) is 0.556. The Balaban J connectivity index is 1.66. The van der Waals surface area contributed by atoms with Crippen molar-refractivity contribution in [2.24, 2.45) is 7.05 Å². The highest BCUT2D eigenvalue weighted by Crippen LogP contribution is 2.40. The maximum atomic E-state index is 12.8. The van der Waals surface area contributed by atoms with E-state index in [-0.39, 0.29) is 29.9 Å². The minimum Gasteiger partial charge on any atom is -0.361 e. The predicted molar refractivity (Wildman–Crippen MR) is 92.3 cm³/mol. The zero-order valence-electron chi connectivity index (χ0n) is 15.2. The summed E-state index contributed by atoms with van der Waals surface area (Å²) in [4.78, 5) is 31.9. The fourth-order valence-electron chi connectivity index (χ4n) is 3.86. The molecular weight excluding hydrogens is 334 g/mol. The zero-order chi connectivity index (χ0) is 18.4. The third kappa shape index (κ3) is 2.79. The van der Waals surface area contributed by atoms with Crippen LogP contribution >= 0.6 is 0 Å². The van der Waals surface area contributed by atoms with Gasteiger partial charge in [0.2, 0.25) is 5.91 Å². The lowest BCUT2D eigenvalue weighted by Gasteiger charge is -2.41. The number of nitrogens with zero attached hydrogens (tertiary/aromatic N) is 4. The number of piperidine rings is 1. The van der Waals surface area contributed by atoms with E-state index in [1.807, 2.05) is 22.7 Å². The third-order valence-electron chi connectivity index (χ3n) is 5.28. The number of nitrogens with one attached hydrogen (secondary N) is 1. The molecule has 8 nitrogen and oxygen atoms in total. The fourth-order valence-corrected chi connectivity index (χ4v) is 3.86. The van der Waals surface area contributed by atoms with Crippen molar-refractivity contribution in [2.75, 3.05) is 0 Å². The highest BCUT2D eigenvalue weighted by molar-refractivity contribution is 5.96. The Morgan fingerprint density at radius 1 is 1.31 bits per heavy atom. The standard InChI is InChI=1S/C18H23N5O3/c1-10-15(11(2)26-21-10)18(25)20-13-6-7-14(24)23(12-4-5-12)16(13)17-19-8-9-22(17)3/h8-9,12-13,16H,4-7H2,1-3H3,(H,20,25)/t13-,16-/m1/s1. The van der Waals surface area contributed by atoms with Gasteiger partial charge in [-0.1, -0.05) is 5.16 Å². The molecule has 8 heteroatoms. The summed E-state index contributed by atoms with van der Waals surface area (Å²) >= 11 is 0. The van der Waals surface area contributed by atoms with E-state index in [0.29, 0.717) is 29.9 Å². The summed E-state index contributed by atoms with van der Waals surface area (Å²) in [5, 5.41) is 6.98. The number of amides is 2. The van der Waals surface area contributed by atoms with E-state index in [9.17, 15) is 9.59 Å². The summed E-state index contributed by atoms with van der Waals surface area (Å²) < 4.78 is 7.04. The number of carbonyl (C=O) groups excluding carboxylic acids is 2. The average Bonchev–Trinajstić information content (AvgIpc) is 3.26. The summed E-state index contributed by atoms with van der Waals surface area (Å²) in [6.07, 6.45) is 6.65. The third-order valence-corrected chi connectivity index (χ3v) is 5.28. The Morgan fingerprint density at radius 3 is 2.65 bits per heavy atom. The van der Waals surface area contributed by atoms with Gasteiger partial charge in [0, 0.05) is 31.9 Å². The summed E-state index contributed by atoms with van der Waals surface area (Å²) in [6.45, 7) is 3.48. The Bertz CT molecular complexity index is 831. The van der Waals surface area contributed by atoms with Crippen molar-refractivity contribution in [1.82, 2.24) is 24.9 Å². The molecule has 0 bridgehead atoms. The van der Waals surface area contributed by atoms with Crippen LogP contribution in [0.4, 0.5) is 0 Å². The molecule has 1 saturated heterocycles. The van der Waals surface area contributed by atoms with Crippen molar-refractivity contribution in [2.45, 2.75) is 57.7 Å². The van der Waals surface area contributed by atoms with Gasteiger partial charge in [0.1, 0.15) is 23.2 Å². The van der Waals surface area contributed by atoms with E-state index in [1.165, 1.54) is 0 Å². The van der Waals surface area contributed by atoms with Gasteiger partial charge in [-0.2, -0.15) is 0 Å². The summed E-state index contributed by atoms with van der Waals surface area (Å²) in [5.41, 5.74) is 1.04. The first kappa shape index (κ1) is 16.8. The summed E-state index contributed by atoms with van der Waals surface area (Å²) in [7, 11) is 1.92. The number of imidazole rings is 1. The van der Waals surface area contributed by atoms with E-state index < -0.39 is 0 Å². The number of hydrogen-bond acceptors (Lipinski definition) is 5. The van der Waals surface area contributed by atoms with Gasteiger partial charge in [-0.15, -0.1) is 0 Å². The number of likely N-dealkylation sites (tertiary alicyclic amines) is 1. The molecule has 2 aromatic heterocycles. The average molecular weight is 357 g/mol. The normalized spacial score (nSPS) is 23.3. The monoisotopic (exact) mass is 357 g/mol. The molecule has 2 atom stereocenters. The first-order chi connectivity index (χ1) is 12.5. The molecule has 4 rings (SSSR count). The van der Waals surface area contributed by atoms with Gasteiger partial charge >= 0.3 is 0 Å². The van der Waals surface area contributed by atoms with Crippen LogP contribution in [0.2, 0.25) is 0 Å². The Labute approximate surface area is 151 Å². The van der Waals surface area contributed by atoms with Crippen LogP contribution in [0.1, 0.15) is 59.4 Å². The van der Waals surface area contributed by atoms with Crippen molar-refractivity contribution < 1.29 is 14.1 Å². The van der Waals surface area contributed by atoms with Crippen LogP contribution in [0, 0.1) is 13.8 Å². The number of hydrogen-bond donors (Lipinski definition) is 1. The molecule has 2 fully saturated rings. The molecule has 0 spiro atoms. The molecule has 3 heterocycles. The first-order valence-electron chi connectivity index (χ1n) is 8.99. The molecule has 1 saturated carbocycles. The maximum Gasteiger partial charge on any atom is 0.257 e. The lowest BCUT2D eigenvalue weighted by molar-refractivity contribution is -0.138. The van der Waals surface area contributed by atoms with Gasteiger partial charge in [0.25, 0.3) is 5.91 Å². The Morgan fingerprint density at radius 2 is 2.08 bits per heavy atom. The van der Waals surface area contributed by atoms with E-state index in [0.717, 1.165) is 18.7 Å². The van der Waals surface area contributed by atoms with Gasteiger partial charge < -0.3 is 19.3 Å². The van der Waals surface area contributed by atoms with Crippen molar-refractivity contribution in [3.63, 3.8) is 0 Å². The molecule has 1 aliphatic heterocycles. The van der Waals surface area contributed by atoms with Gasteiger partial charge in [-0.3, -0.25) is 9.59 Å². The van der Waals surface area contributed by atoms with Gasteiger partial charge in [-0.25, -0.2) is 4.98 Å². The highest BCUT2D eigenvalue weighted by Gasteiger charge is 2.46. The molecule has 2 aromatic rings. The molecule has 138 valence electrons. The predicted octanol–water partition coefficient (Wildman–Crippen LogP) is 1.65. The van der Waals surface area contributed by atoms with Crippen molar-refractivity contribution in [3.05, 3.63) is 35.2 Å². The number of carbonyl (C=O) groups is 2. The quantitative estimate of drug-likeness (QED) is 0.898. The topological polar surface area (TPSA) is 93.3 Å². The van der Waals surface area contributed by atoms with Crippen molar-refractivity contribution in [3.8, 4) is 0 Å². The number of rotatable bonds is 4. The molecule has 2 amide bonds. The van der Waals surface area contributed by atoms with Crippen LogP contribution < -0.4 is 5.32 Å². The molecule has 2 aliphatic rings. The van der Waals surface area contributed by atoms with Crippen LogP contribution in [-0.2, 0) is 11.8 Å². The minimum absolute atomic E-state index is 0.142. The lowest BCUT2D eigenvalue weighted by Crippen LogP contribution is -2.53. The summed E-state index contributed by atoms with van der Waals surface area (Å²) in [5.74, 6) is 1.23. The second-order valence-corrected chi connectivity index (χ2v) is 7.19. The van der Waals surface area contributed by atoms with Gasteiger partial charge in [0.15, 0.2) is 0 Å². The second kappa shape index (κ2) is 6.26. The van der Waals surface area contributed by atoms with Gasteiger partial charge in [0.05, 0.1) is 11.7 Å². The maximum absolute atomic E-state index is 12.8. The number of aromatic nitrogens is 3. The summed E-state index contributed by atoms with van der Waals surface area (Å²) in [6, 6.07) is -0.202. The van der Waals surface area contributed by atoms with E-state index in [4.69, 9.17) is 4.52 Å². The van der Waals surface area contributed by atoms with Gasteiger partial charge in [-0.05, 0) is 33.1 Å². The van der Waals surface area contributed by atoms with E-state index >= 15 is 0 Å². The molecule has 0 unspecified atom stereocenters. The smallest absolute Gasteiger partial charge is 0.257 e. The SMILES string of the molecule is Cc1noc(C)c1C(=O)N[C@@H]1CCC(=O)N(C2CC2)[C@H]1c1nccn1C.